The Morgan fingerprint density at radius 1 is 1.21 bits per heavy atom. The normalized spacial score (nSPS) is 41.8. The molecule has 0 amide bonds. The molecule has 0 spiro atoms. The zero-order valence-electron chi connectivity index (χ0n) is 12.9. The molecule has 3 rings (SSSR count). The molecule has 3 heteroatoms. The summed E-state index contributed by atoms with van der Waals surface area (Å²) in [5, 5.41) is 3.91. The van der Waals surface area contributed by atoms with Crippen molar-refractivity contribution >= 4 is 0 Å². The lowest BCUT2D eigenvalue weighted by Crippen LogP contribution is -2.52. The molecule has 110 valence electrons. The van der Waals surface area contributed by atoms with Gasteiger partial charge >= 0.3 is 0 Å². The van der Waals surface area contributed by atoms with Gasteiger partial charge in [-0.1, -0.05) is 20.8 Å². The molecule has 2 bridgehead atoms. The molecule has 1 saturated heterocycles. The van der Waals surface area contributed by atoms with E-state index in [4.69, 9.17) is 4.74 Å². The van der Waals surface area contributed by atoms with E-state index in [1.807, 2.05) is 0 Å². The molecule has 3 fully saturated rings. The van der Waals surface area contributed by atoms with E-state index in [9.17, 15) is 0 Å². The predicted molar refractivity (Wildman–Crippen MR) is 78.3 cm³/mol. The Morgan fingerprint density at radius 2 is 1.95 bits per heavy atom. The first-order valence-electron chi connectivity index (χ1n) is 8.06. The number of hydrogen-bond acceptors (Lipinski definition) is 3. The molecule has 1 N–H and O–H groups in total. The minimum absolute atomic E-state index is 0.484. The van der Waals surface area contributed by atoms with Gasteiger partial charge in [-0.05, 0) is 36.0 Å². The quantitative estimate of drug-likeness (QED) is 0.843. The van der Waals surface area contributed by atoms with E-state index < -0.39 is 0 Å². The molecule has 1 aliphatic heterocycles. The van der Waals surface area contributed by atoms with E-state index in [0.717, 1.165) is 38.8 Å². The molecule has 3 atom stereocenters. The van der Waals surface area contributed by atoms with Crippen molar-refractivity contribution in [2.24, 2.45) is 16.7 Å². The third-order valence-corrected chi connectivity index (χ3v) is 6.15. The van der Waals surface area contributed by atoms with Crippen molar-refractivity contribution in [3.8, 4) is 0 Å². The fraction of sp³-hybridized carbons (Fsp3) is 1.00. The van der Waals surface area contributed by atoms with E-state index in [2.05, 4.69) is 31.0 Å². The van der Waals surface area contributed by atoms with Crippen LogP contribution in [0.5, 0.6) is 0 Å². The second kappa shape index (κ2) is 5.01. The first kappa shape index (κ1) is 13.8. The van der Waals surface area contributed by atoms with Gasteiger partial charge in [-0.3, -0.25) is 4.90 Å². The molecule has 3 nitrogen and oxygen atoms in total. The summed E-state index contributed by atoms with van der Waals surface area (Å²) in [6.45, 7) is 13.8. The Kier molecular flexibility index (Phi) is 3.65. The standard InChI is InChI=1S/C16H30N2O/c1-15(2)13-4-5-16(3,12-13)14(15)17-6-7-18-8-10-19-11-9-18/h13-14,17H,4-12H2,1-3H3. The number of morpholine rings is 1. The van der Waals surface area contributed by atoms with Gasteiger partial charge in [0.25, 0.3) is 0 Å². The maximum atomic E-state index is 5.41. The van der Waals surface area contributed by atoms with E-state index in [0.29, 0.717) is 16.9 Å². The SMILES string of the molecule is CC12CCC(C1)C(C)(C)C2NCCN1CCOCC1. The summed E-state index contributed by atoms with van der Waals surface area (Å²) in [6, 6.07) is 0.708. The van der Waals surface area contributed by atoms with E-state index in [-0.39, 0.29) is 0 Å². The van der Waals surface area contributed by atoms with E-state index in [1.165, 1.54) is 25.8 Å². The highest BCUT2D eigenvalue weighted by atomic mass is 16.5. The first-order chi connectivity index (χ1) is 9.02. The Morgan fingerprint density at radius 3 is 2.58 bits per heavy atom. The predicted octanol–water partition coefficient (Wildman–Crippen LogP) is 2.12. The zero-order chi connectivity index (χ0) is 13.5. The second-order valence-electron chi connectivity index (χ2n) is 7.76. The van der Waals surface area contributed by atoms with Gasteiger partial charge in [0.1, 0.15) is 0 Å². The fourth-order valence-electron chi connectivity index (χ4n) is 5.00. The molecule has 3 aliphatic rings. The smallest absolute Gasteiger partial charge is 0.0594 e. The van der Waals surface area contributed by atoms with Crippen LogP contribution in [0.1, 0.15) is 40.0 Å². The van der Waals surface area contributed by atoms with Gasteiger partial charge in [0.2, 0.25) is 0 Å². The van der Waals surface area contributed by atoms with Crippen LogP contribution in [0, 0.1) is 16.7 Å². The topological polar surface area (TPSA) is 24.5 Å². The molecule has 0 radical (unpaired) electrons. The second-order valence-corrected chi connectivity index (χ2v) is 7.76. The van der Waals surface area contributed by atoms with Crippen molar-refractivity contribution < 1.29 is 4.74 Å². The Labute approximate surface area is 118 Å². The van der Waals surface area contributed by atoms with Gasteiger partial charge in [-0.15, -0.1) is 0 Å². The lowest BCUT2D eigenvalue weighted by atomic mass is 9.68. The number of nitrogens with zero attached hydrogens (tertiary/aromatic N) is 1. The third-order valence-electron chi connectivity index (χ3n) is 6.15. The van der Waals surface area contributed by atoms with Crippen molar-refractivity contribution in [1.29, 1.82) is 0 Å². The molecule has 2 aliphatic carbocycles. The number of rotatable bonds is 4. The Balaban J connectivity index is 1.52. The van der Waals surface area contributed by atoms with Gasteiger partial charge in [0.15, 0.2) is 0 Å². The maximum Gasteiger partial charge on any atom is 0.0594 e. The lowest BCUT2D eigenvalue weighted by Gasteiger charge is -2.43. The first-order valence-corrected chi connectivity index (χ1v) is 8.06. The summed E-state index contributed by atoms with van der Waals surface area (Å²) in [7, 11) is 0. The highest BCUT2D eigenvalue weighted by molar-refractivity contribution is 5.11. The van der Waals surface area contributed by atoms with Crippen molar-refractivity contribution in [3.05, 3.63) is 0 Å². The Bertz CT molecular complexity index is 320. The van der Waals surface area contributed by atoms with Gasteiger partial charge in [-0.25, -0.2) is 0 Å². The van der Waals surface area contributed by atoms with Gasteiger partial charge in [0.05, 0.1) is 13.2 Å². The largest absolute Gasteiger partial charge is 0.379 e. The third kappa shape index (κ3) is 2.45. The van der Waals surface area contributed by atoms with Crippen LogP contribution < -0.4 is 5.32 Å². The van der Waals surface area contributed by atoms with E-state index in [1.54, 1.807) is 0 Å². The minimum Gasteiger partial charge on any atom is -0.379 e. The molecule has 0 aromatic heterocycles. The number of fused-ring (bicyclic) bond motifs is 2. The zero-order valence-corrected chi connectivity index (χ0v) is 12.9. The average molecular weight is 266 g/mol. The minimum atomic E-state index is 0.484. The van der Waals surface area contributed by atoms with Crippen molar-refractivity contribution in [1.82, 2.24) is 10.2 Å². The molecule has 0 aromatic carbocycles. The van der Waals surface area contributed by atoms with Crippen molar-refractivity contribution in [3.63, 3.8) is 0 Å². The molecular weight excluding hydrogens is 236 g/mol. The monoisotopic (exact) mass is 266 g/mol. The van der Waals surface area contributed by atoms with Crippen LogP contribution in [0.25, 0.3) is 0 Å². The van der Waals surface area contributed by atoms with Gasteiger partial charge in [-0.2, -0.15) is 0 Å². The van der Waals surface area contributed by atoms with Crippen LogP contribution in [0.2, 0.25) is 0 Å². The highest BCUT2D eigenvalue weighted by Gasteiger charge is 2.58. The highest BCUT2D eigenvalue weighted by Crippen LogP contribution is 2.62. The lowest BCUT2D eigenvalue weighted by molar-refractivity contribution is 0.0353. The van der Waals surface area contributed by atoms with E-state index >= 15 is 0 Å². The molecule has 2 saturated carbocycles. The summed E-state index contributed by atoms with van der Waals surface area (Å²) in [6.07, 6.45) is 4.32. The fourth-order valence-corrected chi connectivity index (χ4v) is 5.00. The van der Waals surface area contributed by atoms with Gasteiger partial charge in [0, 0.05) is 32.2 Å². The summed E-state index contributed by atoms with van der Waals surface area (Å²) in [5.41, 5.74) is 1.04. The molecule has 3 unspecified atom stereocenters. The average Bonchev–Trinajstić information content (AvgIpc) is 2.86. The summed E-state index contributed by atoms with van der Waals surface area (Å²) < 4.78 is 5.41. The molecule has 19 heavy (non-hydrogen) atoms. The molecule has 1 heterocycles. The van der Waals surface area contributed by atoms with Crippen LogP contribution in [-0.2, 0) is 4.74 Å². The van der Waals surface area contributed by atoms with Crippen molar-refractivity contribution in [2.45, 2.75) is 46.1 Å². The Hall–Kier alpha value is -0.120. The van der Waals surface area contributed by atoms with Crippen molar-refractivity contribution in [2.75, 3.05) is 39.4 Å². The number of hydrogen-bond donors (Lipinski definition) is 1. The van der Waals surface area contributed by atoms with Gasteiger partial charge < -0.3 is 10.1 Å². The summed E-state index contributed by atoms with van der Waals surface area (Å²) in [4.78, 5) is 2.53. The van der Waals surface area contributed by atoms with Crippen LogP contribution in [0.3, 0.4) is 0 Å². The van der Waals surface area contributed by atoms with Crippen LogP contribution in [-0.4, -0.2) is 50.3 Å². The maximum absolute atomic E-state index is 5.41. The summed E-state index contributed by atoms with van der Waals surface area (Å²) >= 11 is 0. The summed E-state index contributed by atoms with van der Waals surface area (Å²) in [5.74, 6) is 0.943. The van der Waals surface area contributed by atoms with Crippen LogP contribution >= 0.6 is 0 Å². The van der Waals surface area contributed by atoms with Crippen LogP contribution in [0.15, 0.2) is 0 Å². The van der Waals surface area contributed by atoms with Crippen LogP contribution in [0.4, 0.5) is 0 Å². The number of nitrogens with one attached hydrogen (secondary N) is 1. The molecule has 0 aromatic rings. The molecular formula is C16H30N2O. The number of ether oxygens (including phenoxy) is 1.